The minimum Gasteiger partial charge on any atom is -0.480 e. The minimum absolute atomic E-state index is 0. The largest absolute Gasteiger partial charge is 0.480 e. The van der Waals surface area contributed by atoms with E-state index in [2.05, 4.69) is 0 Å². The van der Waals surface area contributed by atoms with Crippen molar-refractivity contribution in [2.45, 2.75) is 24.3 Å². The van der Waals surface area contributed by atoms with Crippen molar-refractivity contribution < 1.29 is 23.2 Å². The highest BCUT2D eigenvalue weighted by atomic mass is 35.5. The average Bonchev–Trinajstić information content (AvgIpc) is 2.54. The molecule has 0 saturated carbocycles. The quantitative estimate of drug-likeness (QED) is 0.554. The number of benzene rings is 1. The number of nitro groups is 1. The van der Waals surface area contributed by atoms with Crippen molar-refractivity contribution in [1.29, 1.82) is 0 Å². The summed E-state index contributed by atoms with van der Waals surface area (Å²) in [5, 5.41) is 20.6. The van der Waals surface area contributed by atoms with Crippen LogP contribution < -0.4 is 4.90 Å². The molecule has 146 valence electrons. The molecule has 0 spiro atoms. The first-order valence-electron chi connectivity index (χ1n) is 7.85. The molecule has 1 unspecified atom stereocenters. The van der Waals surface area contributed by atoms with Gasteiger partial charge in [0.15, 0.2) is 9.84 Å². The molecule has 1 N–H and O–H groups in total. The van der Waals surface area contributed by atoms with Crippen LogP contribution in [0.15, 0.2) is 23.1 Å². The number of carbonyl (C=O) groups is 1. The number of carboxylic acid groups (broad SMARTS) is 1. The third-order valence-electron chi connectivity index (χ3n) is 4.34. The summed E-state index contributed by atoms with van der Waals surface area (Å²) in [6.45, 7) is 3.61. The Hall–Kier alpha value is -1.91. The maximum atomic E-state index is 11.6. The molecule has 0 radical (unpaired) electrons. The number of halogens is 1. The average molecular weight is 408 g/mol. The van der Waals surface area contributed by atoms with Gasteiger partial charge in [0.1, 0.15) is 11.7 Å². The second-order valence-corrected chi connectivity index (χ2v) is 7.98. The standard InChI is InChI=1S/C15H21N3O6S.ClH/c1-3-12(15(19)20)16-6-8-17(9-7-16)13-5-4-11(25(2,23)24)10-14(13)18(21)22;/h4-5,10,12H,3,6-9H2,1-2H3,(H,19,20);1H. The van der Waals surface area contributed by atoms with Crippen LogP contribution in [0.2, 0.25) is 0 Å². The van der Waals surface area contributed by atoms with Gasteiger partial charge in [0, 0.05) is 38.5 Å². The fourth-order valence-electron chi connectivity index (χ4n) is 3.01. The monoisotopic (exact) mass is 407 g/mol. The molecule has 0 bridgehead atoms. The number of rotatable bonds is 6. The van der Waals surface area contributed by atoms with Gasteiger partial charge in [0.05, 0.1) is 9.82 Å². The van der Waals surface area contributed by atoms with E-state index >= 15 is 0 Å². The van der Waals surface area contributed by atoms with Gasteiger partial charge >= 0.3 is 5.97 Å². The number of aliphatic carboxylic acids is 1. The van der Waals surface area contributed by atoms with E-state index in [-0.39, 0.29) is 23.0 Å². The normalized spacial score (nSPS) is 16.6. The van der Waals surface area contributed by atoms with Gasteiger partial charge in [-0.05, 0) is 18.6 Å². The predicted octanol–water partition coefficient (Wildman–Crippen LogP) is 1.41. The molecule has 1 aliphatic rings. The summed E-state index contributed by atoms with van der Waals surface area (Å²) in [6, 6.07) is 3.31. The lowest BCUT2D eigenvalue weighted by Gasteiger charge is -2.38. The van der Waals surface area contributed by atoms with Gasteiger partial charge < -0.3 is 10.0 Å². The van der Waals surface area contributed by atoms with Crippen LogP contribution in [0, 0.1) is 10.1 Å². The van der Waals surface area contributed by atoms with Crippen LogP contribution in [0.5, 0.6) is 0 Å². The first-order chi connectivity index (χ1) is 11.6. The molecule has 9 nitrogen and oxygen atoms in total. The van der Waals surface area contributed by atoms with E-state index in [0.29, 0.717) is 38.3 Å². The van der Waals surface area contributed by atoms with Crippen LogP contribution in [0.25, 0.3) is 0 Å². The van der Waals surface area contributed by atoms with E-state index < -0.39 is 26.8 Å². The Morgan fingerprint density at radius 1 is 1.31 bits per heavy atom. The summed E-state index contributed by atoms with van der Waals surface area (Å²) in [4.78, 5) is 25.5. The first-order valence-corrected chi connectivity index (χ1v) is 9.74. The molecule has 0 aromatic heterocycles. The number of nitrogens with zero attached hydrogens (tertiary/aromatic N) is 3. The second kappa shape index (κ2) is 8.65. The summed E-state index contributed by atoms with van der Waals surface area (Å²) in [5.41, 5.74) is 0.0853. The molecule has 0 aliphatic carbocycles. The summed E-state index contributed by atoms with van der Waals surface area (Å²) in [5.74, 6) is -0.876. The Morgan fingerprint density at radius 3 is 2.31 bits per heavy atom. The summed E-state index contributed by atoms with van der Waals surface area (Å²) >= 11 is 0. The molecule has 1 saturated heterocycles. The third-order valence-corrected chi connectivity index (χ3v) is 5.45. The molecule has 2 rings (SSSR count). The molecule has 26 heavy (non-hydrogen) atoms. The van der Waals surface area contributed by atoms with Gasteiger partial charge in [-0.3, -0.25) is 19.8 Å². The van der Waals surface area contributed by atoms with Crippen molar-refractivity contribution in [1.82, 2.24) is 4.90 Å². The van der Waals surface area contributed by atoms with E-state index in [0.717, 1.165) is 12.3 Å². The number of hydrogen-bond acceptors (Lipinski definition) is 7. The fourth-order valence-corrected chi connectivity index (χ4v) is 3.65. The van der Waals surface area contributed by atoms with Crippen molar-refractivity contribution in [3.8, 4) is 0 Å². The SMILES string of the molecule is CCC(C(=O)O)N1CCN(c2ccc(S(C)(=O)=O)cc2[N+](=O)[O-])CC1.Cl. The number of piperazine rings is 1. The van der Waals surface area contributed by atoms with Crippen molar-refractivity contribution in [3.63, 3.8) is 0 Å². The van der Waals surface area contributed by atoms with E-state index in [1.807, 2.05) is 4.90 Å². The Morgan fingerprint density at radius 2 is 1.88 bits per heavy atom. The second-order valence-electron chi connectivity index (χ2n) is 5.97. The molecule has 1 heterocycles. The van der Waals surface area contributed by atoms with Crippen molar-refractivity contribution in [2.24, 2.45) is 0 Å². The molecule has 1 atom stereocenters. The first kappa shape index (κ1) is 22.1. The van der Waals surface area contributed by atoms with Gasteiger partial charge in [-0.1, -0.05) is 6.92 Å². The van der Waals surface area contributed by atoms with E-state index in [1.54, 1.807) is 11.8 Å². The molecule has 1 aromatic rings. The van der Waals surface area contributed by atoms with Crippen LogP contribution in [-0.2, 0) is 14.6 Å². The van der Waals surface area contributed by atoms with Crippen molar-refractivity contribution in [3.05, 3.63) is 28.3 Å². The number of anilines is 1. The maximum absolute atomic E-state index is 11.6. The maximum Gasteiger partial charge on any atom is 0.320 e. The highest BCUT2D eigenvalue weighted by Crippen LogP contribution is 2.31. The fraction of sp³-hybridized carbons (Fsp3) is 0.533. The van der Waals surface area contributed by atoms with Gasteiger partial charge in [-0.25, -0.2) is 8.42 Å². The summed E-state index contributed by atoms with van der Waals surface area (Å²) in [7, 11) is -3.54. The Labute approximate surface area is 158 Å². The van der Waals surface area contributed by atoms with Gasteiger partial charge in [0.25, 0.3) is 5.69 Å². The highest BCUT2D eigenvalue weighted by Gasteiger charge is 2.30. The van der Waals surface area contributed by atoms with Crippen LogP contribution in [-0.4, -0.2) is 67.8 Å². The zero-order valence-electron chi connectivity index (χ0n) is 14.5. The Bertz CT molecular complexity index is 778. The summed E-state index contributed by atoms with van der Waals surface area (Å²) in [6.07, 6.45) is 1.49. The molecular formula is C15H22ClN3O6S. The van der Waals surface area contributed by atoms with E-state index in [4.69, 9.17) is 0 Å². The molecule has 11 heteroatoms. The van der Waals surface area contributed by atoms with Crippen LogP contribution in [0.3, 0.4) is 0 Å². The summed E-state index contributed by atoms with van der Waals surface area (Å²) < 4.78 is 23.2. The lowest BCUT2D eigenvalue weighted by atomic mass is 10.1. The Kier molecular flexibility index (Phi) is 7.36. The van der Waals surface area contributed by atoms with Crippen molar-refractivity contribution >= 4 is 39.6 Å². The van der Waals surface area contributed by atoms with Gasteiger partial charge in [-0.15, -0.1) is 12.4 Å². The number of carboxylic acids is 1. The highest BCUT2D eigenvalue weighted by molar-refractivity contribution is 7.90. The molecule has 1 aromatic carbocycles. The lowest BCUT2D eigenvalue weighted by molar-refractivity contribution is -0.384. The Balaban J connectivity index is 0.00000338. The van der Waals surface area contributed by atoms with E-state index in [9.17, 15) is 28.4 Å². The third kappa shape index (κ3) is 4.83. The van der Waals surface area contributed by atoms with Crippen LogP contribution >= 0.6 is 12.4 Å². The van der Waals surface area contributed by atoms with Crippen molar-refractivity contribution in [2.75, 3.05) is 37.3 Å². The minimum atomic E-state index is -3.54. The molecule has 1 aliphatic heterocycles. The zero-order chi connectivity index (χ0) is 18.8. The molecule has 1 fully saturated rings. The van der Waals surface area contributed by atoms with E-state index in [1.165, 1.54) is 12.1 Å². The topological polar surface area (TPSA) is 121 Å². The smallest absolute Gasteiger partial charge is 0.320 e. The van der Waals surface area contributed by atoms with Crippen LogP contribution in [0.1, 0.15) is 13.3 Å². The number of nitro benzene ring substituents is 1. The zero-order valence-corrected chi connectivity index (χ0v) is 16.1. The van der Waals surface area contributed by atoms with Gasteiger partial charge in [-0.2, -0.15) is 0 Å². The van der Waals surface area contributed by atoms with Gasteiger partial charge in [0.2, 0.25) is 0 Å². The number of hydrogen-bond donors (Lipinski definition) is 1. The molecular weight excluding hydrogens is 386 g/mol. The number of sulfone groups is 1. The van der Waals surface area contributed by atoms with Crippen LogP contribution in [0.4, 0.5) is 11.4 Å². The lowest BCUT2D eigenvalue weighted by Crippen LogP contribution is -2.52. The predicted molar refractivity (Wildman–Crippen MR) is 99.0 cm³/mol. The molecule has 0 amide bonds.